The second kappa shape index (κ2) is 4.80. The number of rotatable bonds is 4. The molecule has 0 aliphatic heterocycles. The van der Waals surface area contributed by atoms with E-state index in [1.165, 1.54) is 0 Å². The predicted molar refractivity (Wildman–Crippen MR) is 54.6 cm³/mol. The summed E-state index contributed by atoms with van der Waals surface area (Å²) in [6, 6.07) is 2.35. The van der Waals surface area contributed by atoms with Crippen LogP contribution in [0, 0.1) is 5.92 Å². The molecule has 0 aliphatic carbocycles. The monoisotopic (exact) mass is 179 g/mol. The lowest BCUT2D eigenvalue weighted by Gasteiger charge is -2.15. The van der Waals surface area contributed by atoms with Gasteiger partial charge in [-0.2, -0.15) is 0 Å². The summed E-state index contributed by atoms with van der Waals surface area (Å²) in [7, 11) is 0. The molecule has 0 saturated carbocycles. The van der Waals surface area contributed by atoms with E-state index in [0.29, 0.717) is 12.0 Å². The van der Waals surface area contributed by atoms with Gasteiger partial charge in [-0.1, -0.05) is 13.8 Å². The van der Waals surface area contributed by atoms with Crippen molar-refractivity contribution in [1.29, 1.82) is 0 Å². The van der Waals surface area contributed by atoms with Gasteiger partial charge in [0.1, 0.15) is 12.1 Å². The Hall–Kier alpha value is -1.12. The van der Waals surface area contributed by atoms with Gasteiger partial charge in [0.05, 0.1) is 0 Å². The SMILES string of the molecule is CC(C)CC(C)Nc1ccncn1. The van der Waals surface area contributed by atoms with Crippen molar-refractivity contribution in [2.75, 3.05) is 5.32 Å². The summed E-state index contributed by atoms with van der Waals surface area (Å²) in [6.45, 7) is 6.61. The standard InChI is InChI=1S/C10H17N3/c1-8(2)6-9(3)13-10-4-5-11-7-12-10/h4-5,7-9H,6H2,1-3H3,(H,11,12,13). The average molecular weight is 179 g/mol. The molecular formula is C10H17N3. The zero-order valence-electron chi connectivity index (χ0n) is 8.49. The zero-order chi connectivity index (χ0) is 9.68. The van der Waals surface area contributed by atoms with Crippen molar-refractivity contribution in [1.82, 2.24) is 9.97 Å². The molecule has 1 rings (SSSR count). The summed E-state index contributed by atoms with van der Waals surface area (Å²) in [6.07, 6.45) is 4.46. The molecule has 0 radical (unpaired) electrons. The van der Waals surface area contributed by atoms with E-state index in [4.69, 9.17) is 0 Å². The highest BCUT2D eigenvalue weighted by Crippen LogP contribution is 2.09. The highest BCUT2D eigenvalue weighted by molar-refractivity contribution is 5.32. The molecule has 1 unspecified atom stereocenters. The van der Waals surface area contributed by atoms with Gasteiger partial charge in [-0.15, -0.1) is 0 Å². The van der Waals surface area contributed by atoms with Crippen LogP contribution in [0.15, 0.2) is 18.6 Å². The van der Waals surface area contributed by atoms with Gasteiger partial charge in [0.15, 0.2) is 0 Å². The van der Waals surface area contributed by atoms with E-state index < -0.39 is 0 Å². The van der Waals surface area contributed by atoms with Crippen molar-refractivity contribution in [2.45, 2.75) is 33.2 Å². The number of aromatic nitrogens is 2. The topological polar surface area (TPSA) is 37.8 Å². The normalized spacial score (nSPS) is 12.9. The highest BCUT2D eigenvalue weighted by Gasteiger charge is 2.04. The van der Waals surface area contributed by atoms with Gasteiger partial charge in [-0.05, 0) is 25.3 Å². The van der Waals surface area contributed by atoms with Crippen LogP contribution < -0.4 is 5.32 Å². The molecule has 3 nitrogen and oxygen atoms in total. The Kier molecular flexibility index (Phi) is 3.68. The number of nitrogens with zero attached hydrogens (tertiary/aromatic N) is 2. The van der Waals surface area contributed by atoms with Crippen molar-refractivity contribution in [2.24, 2.45) is 5.92 Å². The minimum Gasteiger partial charge on any atom is -0.368 e. The van der Waals surface area contributed by atoms with Gasteiger partial charge in [0.2, 0.25) is 0 Å². The van der Waals surface area contributed by atoms with Crippen molar-refractivity contribution < 1.29 is 0 Å². The van der Waals surface area contributed by atoms with Crippen LogP contribution in [0.4, 0.5) is 5.82 Å². The molecule has 3 heteroatoms. The third kappa shape index (κ3) is 3.87. The quantitative estimate of drug-likeness (QED) is 0.770. The summed E-state index contributed by atoms with van der Waals surface area (Å²) in [4.78, 5) is 7.97. The Bertz CT molecular complexity index is 233. The van der Waals surface area contributed by atoms with Crippen LogP contribution >= 0.6 is 0 Å². The molecule has 1 heterocycles. The number of nitrogens with one attached hydrogen (secondary N) is 1. The van der Waals surface area contributed by atoms with Crippen LogP contribution in [0.25, 0.3) is 0 Å². The first kappa shape index (κ1) is 9.96. The smallest absolute Gasteiger partial charge is 0.129 e. The van der Waals surface area contributed by atoms with Crippen LogP contribution in [-0.4, -0.2) is 16.0 Å². The van der Waals surface area contributed by atoms with Gasteiger partial charge in [-0.3, -0.25) is 0 Å². The fourth-order valence-corrected chi connectivity index (χ4v) is 1.39. The third-order valence-corrected chi connectivity index (χ3v) is 1.80. The Morgan fingerprint density at radius 2 is 2.15 bits per heavy atom. The van der Waals surface area contributed by atoms with Crippen molar-refractivity contribution in [3.8, 4) is 0 Å². The van der Waals surface area contributed by atoms with Crippen LogP contribution in [0.5, 0.6) is 0 Å². The zero-order valence-corrected chi connectivity index (χ0v) is 8.49. The molecule has 72 valence electrons. The van der Waals surface area contributed by atoms with Crippen molar-refractivity contribution >= 4 is 5.82 Å². The predicted octanol–water partition coefficient (Wildman–Crippen LogP) is 2.32. The van der Waals surface area contributed by atoms with Crippen LogP contribution in [-0.2, 0) is 0 Å². The molecule has 1 N–H and O–H groups in total. The van der Waals surface area contributed by atoms with Crippen molar-refractivity contribution in [3.05, 3.63) is 18.6 Å². The first-order chi connectivity index (χ1) is 6.18. The second-order valence-electron chi connectivity index (χ2n) is 3.77. The van der Waals surface area contributed by atoms with E-state index in [1.54, 1.807) is 12.5 Å². The molecule has 13 heavy (non-hydrogen) atoms. The molecule has 0 aromatic carbocycles. The minimum atomic E-state index is 0.467. The lowest BCUT2D eigenvalue weighted by atomic mass is 10.1. The molecule has 0 bridgehead atoms. The maximum atomic E-state index is 4.10. The summed E-state index contributed by atoms with van der Waals surface area (Å²) in [5.74, 6) is 1.62. The Morgan fingerprint density at radius 1 is 1.38 bits per heavy atom. The van der Waals surface area contributed by atoms with E-state index in [2.05, 4.69) is 36.1 Å². The number of anilines is 1. The highest BCUT2D eigenvalue weighted by atomic mass is 15.0. The van der Waals surface area contributed by atoms with E-state index in [9.17, 15) is 0 Å². The lowest BCUT2D eigenvalue weighted by Crippen LogP contribution is -2.18. The lowest BCUT2D eigenvalue weighted by molar-refractivity contribution is 0.539. The van der Waals surface area contributed by atoms with E-state index in [0.717, 1.165) is 12.2 Å². The molecule has 1 atom stereocenters. The molecule has 1 aromatic heterocycles. The maximum absolute atomic E-state index is 4.10. The van der Waals surface area contributed by atoms with Crippen LogP contribution in [0.1, 0.15) is 27.2 Å². The maximum Gasteiger partial charge on any atom is 0.129 e. The van der Waals surface area contributed by atoms with Gasteiger partial charge < -0.3 is 5.32 Å². The van der Waals surface area contributed by atoms with Gasteiger partial charge >= 0.3 is 0 Å². The van der Waals surface area contributed by atoms with Crippen LogP contribution in [0.2, 0.25) is 0 Å². The second-order valence-corrected chi connectivity index (χ2v) is 3.77. The molecule has 1 aromatic rings. The van der Waals surface area contributed by atoms with Gasteiger partial charge in [-0.25, -0.2) is 9.97 Å². The molecule has 0 spiro atoms. The summed E-state index contributed by atoms with van der Waals surface area (Å²) >= 11 is 0. The Morgan fingerprint density at radius 3 is 2.69 bits per heavy atom. The number of hydrogen-bond donors (Lipinski definition) is 1. The Labute approximate surface area is 79.6 Å². The van der Waals surface area contributed by atoms with Gasteiger partial charge in [0, 0.05) is 12.2 Å². The van der Waals surface area contributed by atoms with Gasteiger partial charge in [0.25, 0.3) is 0 Å². The van der Waals surface area contributed by atoms with E-state index in [-0.39, 0.29) is 0 Å². The summed E-state index contributed by atoms with van der Waals surface area (Å²) in [5.41, 5.74) is 0. The fourth-order valence-electron chi connectivity index (χ4n) is 1.39. The molecule has 0 amide bonds. The summed E-state index contributed by atoms with van der Waals surface area (Å²) < 4.78 is 0. The number of hydrogen-bond acceptors (Lipinski definition) is 3. The molecular weight excluding hydrogens is 162 g/mol. The molecule has 0 aliphatic rings. The van der Waals surface area contributed by atoms with Crippen molar-refractivity contribution in [3.63, 3.8) is 0 Å². The molecule has 0 fully saturated rings. The first-order valence-electron chi connectivity index (χ1n) is 4.71. The first-order valence-corrected chi connectivity index (χ1v) is 4.71. The molecule has 0 saturated heterocycles. The van der Waals surface area contributed by atoms with Crippen LogP contribution in [0.3, 0.4) is 0 Å². The fraction of sp³-hybridized carbons (Fsp3) is 0.600. The average Bonchev–Trinajstić information content (AvgIpc) is 2.04. The minimum absolute atomic E-state index is 0.467. The van der Waals surface area contributed by atoms with E-state index >= 15 is 0 Å². The largest absolute Gasteiger partial charge is 0.368 e. The Balaban J connectivity index is 2.41. The summed E-state index contributed by atoms with van der Waals surface area (Å²) in [5, 5.41) is 3.32. The van der Waals surface area contributed by atoms with E-state index in [1.807, 2.05) is 6.07 Å². The third-order valence-electron chi connectivity index (χ3n) is 1.80.